The Morgan fingerprint density at radius 1 is 0.750 bits per heavy atom. The number of quaternary nitrogens is 1. The van der Waals surface area contributed by atoms with Crippen LogP contribution in [-0.4, -0.2) is 59.1 Å². The van der Waals surface area contributed by atoms with Gasteiger partial charge in [-0.05, 0) is 0 Å². The Bertz CT molecular complexity index is 6.00. The fourth-order valence-electron chi connectivity index (χ4n) is 0. The molecule has 0 heterocycles. The van der Waals surface area contributed by atoms with Crippen LogP contribution in [0.2, 0.25) is 0 Å². The van der Waals surface area contributed by atoms with Crippen LogP contribution in [0.1, 0.15) is 0 Å². The number of halogens is 1. The van der Waals surface area contributed by atoms with Crippen LogP contribution >= 0.6 is 0 Å². The topological polar surface area (TPSA) is 36.5 Å². The van der Waals surface area contributed by atoms with Crippen molar-refractivity contribution in [1.29, 1.82) is 0 Å². The van der Waals surface area contributed by atoms with Gasteiger partial charge in [0.05, 0.1) is 0 Å². The van der Waals surface area contributed by atoms with Gasteiger partial charge in [0.2, 0.25) is 0 Å². The van der Waals surface area contributed by atoms with Gasteiger partial charge in [0.15, 0.2) is 0 Å². The maximum atomic E-state index is 0. The molecule has 0 unspecified atom stereocenters. The fraction of sp³-hybridized carbons (Fsp3) is 0. The predicted octanol–water partition coefficient (Wildman–Crippen LogP) is -3.38. The Balaban J connectivity index is 0. The Morgan fingerprint density at radius 3 is 0.750 bits per heavy atom. The summed E-state index contributed by atoms with van der Waals surface area (Å²) < 4.78 is 0. The van der Waals surface area contributed by atoms with Crippen molar-refractivity contribution in [2.45, 2.75) is 0 Å². The molecule has 4 heavy (non-hydrogen) atoms. The molecule has 0 bridgehead atoms. The monoisotopic (exact) mass is 143 g/mol. The third kappa shape index (κ3) is 8.83. The second kappa shape index (κ2) is 18.0. The van der Waals surface area contributed by atoms with E-state index in [1.807, 2.05) is 0 Å². The van der Waals surface area contributed by atoms with Crippen LogP contribution in [0.3, 0.4) is 0 Å². The first-order chi connectivity index (χ1) is 0. The fourth-order valence-corrected chi connectivity index (χ4v) is 0. The van der Waals surface area contributed by atoms with Crippen LogP contribution in [0.15, 0.2) is 0 Å². The van der Waals surface area contributed by atoms with Crippen molar-refractivity contribution in [3.05, 3.63) is 0 Å². The molecular formula is H4BrNNa2. The third-order valence-electron chi connectivity index (χ3n) is 0. The molecule has 4 N–H and O–H groups in total. The molecule has 0 rings (SSSR count). The normalized spacial score (nSPS) is 0. The first-order valence-corrected chi connectivity index (χ1v) is 0. The molecule has 0 saturated heterocycles. The zero-order valence-electron chi connectivity index (χ0n) is 3.38. The van der Waals surface area contributed by atoms with Crippen LogP contribution in [0.5, 0.6) is 0 Å². The van der Waals surface area contributed by atoms with Crippen molar-refractivity contribution in [3.63, 3.8) is 0 Å². The van der Waals surface area contributed by atoms with Crippen LogP contribution < -0.4 is 23.1 Å². The smallest absolute Gasteiger partial charge is 0 e. The van der Waals surface area contributed by atoms with Crippen LogP contribution in [0.25, 0.3) is 0 Å². The molecule has 0 amide bonds. The SMILES string of the molecule is [Br-].[NH4+].[Na].[Na]. The van der Waals surface area contributed by atoms with Crippen molar-refractivity contribution in [1.82, 2.24) is 6.15 Å². The Morgan fingerprint density at radius 2 is 0.750 bits per heavy atom. The van der Waals surface area contributed by atoms with Gasteiger partial charge in [0.25, 0.3) is 0 Å². The average Bonchev–Trinajstić information content (AvgIpc) is 0. The largest absolute Gasteiger partial charge is 1.00 e. The molecule has 0 aromatic heterocycles. The maximum Gasteiger partial charge on any atom is 0 e. The minimum Gasteiger partial charge on any atom is -1.00 e. The molecule has 0 fully saturated rings. The molecule has 2 radical (unpaired) electrons. The molecule has 0 aliphatic heterocycles. The summed E-state index contributed by atoms with van der Waals surface area (Å²) in [6.07, 6.45) is 0. The predicted molar refractivity (Wildman–Crippen MR) is 17.5 cm³/mol. The number of hydrogen-bond acceptors (Lipinski definition) is 0. The number of rotatable bonds is 0. The van der Waals surface area contributed by atoms with Gasteiger partial charge in [-0.3, -0.25) is 0 Å². The van der Waals surface area contributed by atoms with Crippen molar-refractivity contribution in [2.24, 2.45) is 0 Å². The molecular weight excluding hydrogens is 140 g/mol. The Kier molecular flexibility index (Phi) is 144. The van der Waals surface area contributed by atoms with Crippen LogP contribution in [0.4, 0.5) is 0 Å². The molecule has 0 aliphatic carbocycles. The summed E-state index contributed by atoms with van der Waals surface area (Å²) >= 11 is 0. The zero-order valence-corrected chi connectivity index (χ0v) is 8.96. The summed E-state index contributed by atoms with van der Waals surface area (Å²) in [5, 5.41) is 0. The van der Waals surface area contributed by atoms with E-state index in [1.165, 1.54) is 0 Å². The van der Waals surface area contributed by atoms with Gasteiger partial charge < -0.3 is 23.1 Å². The molecule has 0 spiro atoms. The van der Waals surface area contributed by atoms with Gasteiger partial charge in [-0.15, -0.1) is 0 Å². The first kappa shape index (κ1) is 32.0. The summed E-state index contributed by atoms with van der Waals surface area (Å²) in [5.74, 6) is 0. The molecule has 0 atom stereocenters. The van der Waals surface area contributed by atoms with E-state index >= 15 is 0 Å². The summed E-state index contributed by atoms with van der Waals surface area (Å²) in [4.78, 5) is 0. The van der Waals surface area contributed by atoms with Gasteiger partial charge >= 0.3 is 0 Å². The van der Waals surface area contributed by atoms with Gasteiger partial charge in [-0.25, -0.2) is 0 Å². The third-order valence-corrected chi connectivity index (χ3v) is 0. The van der Waals surface area contributed by atoms with E-state index in [-0.39, 0.29) is 82.2 Å². The molecule has 0 aliphatic rings. The second-order valence-electron chi connectivity index (χ2n) is 0. The van der Waals surface area contributed by atoms with Gasteiger partial charge in [-0.1, -0.05) is 0 Å². The van der Waals surface area contributed by atoms with E-state index in [2.05, 4.69) is 0 Å². The molecule has 1 nitrogen and oxygen atoms in total. The molecule has 18 valence electrons. The van der Waals surface area contributed by atoms with Crippen molar-refractivity contribution in [3.8, 4) is 0 Å². The number of hydrogen-bond donors (Lipinski definition) is 1. The van der Waals surface area contributed by atoms with Gasteiger partial charge in [0, 0.05) is 59.1 Å². The Labute approximate surface area is 80.8 Å². The van der Waals surface area contributed by atoms with Crippen LogP contribution in [-0.2, 0) is 0 Å². The Hall–Kier alpha value is 2.44. The van der Waals surface area contributed by atoms with E-state index < -0.39 is 0 Å². The van der Waals surface area contributed by atoms with Crippen molar-refractivity contribution in [2.75, 3.05) is 0 Å². The minimum atomic E-state index is 0. The molecule has 0 aromatic rings. The van der Waals surface area contributed by atoms with E-state index in [1.54, 1.807) is 0 Å². The van der Waals surface area contributed by atoms with Gasteiger partial charge in [0.1, 0.15) is 0 Å². The van der Waals surface area contributed by atoms with E-state index in [0.29, 0.717) is 0 Å². The van der Waals surface area contributed by atoms with Crippen molar-refractivity contribution >= 4 is 59.1 Å². The second-order valence-corrected chi connectivity index (χ2v) is 0. The molecule has 4 heteroatoms. The maximum absolute atomic E-state index is 0. The van der Waals surface area contributed by atoms with Gasteiger partial charge in [-0.2, -0.15) is 0 Å². The summed E-state index contributed by atoms with van der Waals surface area (Å²) in [7, 11) is 0. The summed E-state index contributed by atoms with van der Waals surface area (Å²) in [6.45, 7) is 0. The molecule has 0 saturated carbocycles. The average molecular weight is 144 g/mol. The van der Waals surface area contributed by atoms with E-state index in [4.69, 9.17) is 0 Å². The van der Waals surface area contributed by atoms with Crippen molar-refractivity contribution < 1.29 is 17.0 Å². The van der Waals surface area contributed by atoms with Crippen LogP contribution in [0, 0.1) is 0 Å². The van der Waals surface area contributed by atoms with E-state index in [9.17, 15) is 0 Å². The zero-order chi connectivity index (χ0) is 0. The standard InChI is InChI=1S/BrH.H3N.2Na/h1H;1H3;;. The summed E-state index contributed by atoms with van der Waals surface area (Å²) in [6, 6.07) is 0. The van der Waals surface area contributed by atoms with E-state index in [0.717, 1.165) is 0 Å². The first-order valence-electron chi connectivity index (χ1n) is 0. The quantitative estimate of drug-likeness (QED) is 0.344. The minimum absolute atomic E-state index is 0. The molecule has 0 aromatic carbocycles. The summed E-state index contributed by atoms with van der Waals surface area (Å²) in [5.41, 5.74) is 0.